The molecule has 0 saturated heterocycles. The van der Waals surface area contributed by atoms with Gasteiger partial charge in [0, 0.05) is 19.0 Å². The summed E-state index contributed by atoms with van der Waals surface area (Å²) in [5.74, 6) is 0.760. The Hall–Kier alpha value is 0.427. The summed E-state index contributed by atoms with van der Waals surface area (Å²) < 4.78 is 6.00. The second kappa shape index (κ2) is 8.56. The molecule has 2 nitrogen and oxygen atoms in total. The van der Waals surface area contributed by atoms with Crippen LogP contribution in [-0.4, -0.2) is 45.3 Å². The number of hydrogen-bond donors (Lipinski definition) is 0. The minimum atomic E-state index is -1.43. The number of likely N-dealkylation sites (N-methyl/N-ethyl adjacent to an activating group) is 1. The lowest BCUT2D eigenvalue weighted by Crippen LogP contribution is -2.35. The van der Waals surface area contributed by atoms with E-state index in [-0.39, 0.29) is 0 Å². The van der Waals surface area contributed by atoms with Gasteiger partial charge in [0.1, 0.15) is 0 Å². The average molecular weight is 252 g/mol. The van der Waals surface area contributed by atoms with E-state index in [4.69, 9.17) is 16.0 Å². The fourth-order valence-corrected chi connectivity index (χ4v) is 3.73. The summed E-state index contributed by atoms with van der Waals surface area (Å²) in [7, 11) is -1.43. The van der Waals surface area contributed by atoms with Crippen molar-refractivity contribution in [2.45, 2.75) is 39.4 Å². The van der Waals surface area contributed by atoms with Gasteiger partial charge in [-0.1, -0.05) is 13.8 Å². The van der Waals surface area contributed by atoms with Crippen LogP contribution >= 0.6 is 11.6 Å². The first-order valence-electron chi connectivity index (χ1n) is 5.98. The first-order chi connectivity index (χ1) is 7.05. The van der Waals surface area contributed by atoms with E-state index in [1.54, 1.807) is 0 Å². The third-order valence-electron chi connectivity index (χ3n) is 2.71. The summed E-state index contributed by atoms with van der Waals surface area (Å²) in [6.45, 7) is 13.1. The Morgan fingerprint density at radius 3 is 2.27 bits per heavy atom. The molecule has 0 radical (unpaired) electrons. The van der Waals surface area contributed by atoms with E-state index >= 15 is 0 Å². The molecule has 0 bridgehead atoms. The van der Waals surface area contributed by atoms with Crippen LogP contribution < -0.4 is 0 Å². The van der Waals surface area contributed by atoms with Crippen molar-refractivity contribution in [1.82, 2.24) is 4.90 Å². The zero-order valence-electron chi connectivity index (χ0n) is 10.7. The summed E-state index contributed by atoms with van der Waals surface area (Å²) in [6.07, 6.45) is 1.09. The molecule has 0 aliphatic heterocycles. The number of alkyl halides is 1. The molecule has 0 saturated carbocycles. The van der Waals surface area contributed by atoms with Crippen LogP contribution in [0.15, 0.2) is 0 Å². The predicted molar refractivity (Wildman–Crippen MR) is 71.4 cm³/mol. The largest absolute Gasteiger partial charge is 0.416 e. The van der Waals surface area contributed by atoms with Gasteiger partial charge >= 0.3 is 0 Å². The van der Waals surface area contributed by atoms with Crippen molar-refractivity contribution < 1.29 is 4.43 Å². The summed E-state index contributed by atoms with van der Waals surface area (Å²) >= 11 is 5.70. The topological polar surface area (TPSA) is 12.5 Å². The van der Waals surface area contributed by atoms with E-state index in [0.717, 1.165) is 38.5 Å². The SMILES string of the molecule is CCN(CC)CCO[Si](C)(C)CCCCl. The monoisotopic (exact) mass is 251 g/mol. The summed E-state index contributed by atoms with van der Waals surface area (Å²) in [5.41, 5.74) is 0. The number of nitrogens with zero attached hydrogens (tertiary/aromatic N) is 1. The molecule has 0 aliphatic carbocycles. The predicted octanol–water partition coefficient (Wildman–Crippen LogP) is 3.18. The van der Waals surface area contributed by atoms with E-state index in [2.05, 4.69) is 31.8 Å². The fourth-order valence-electron chi connectivity index (χ4n) is 1.56. The van der Waals surface area contributed by atoms with Crippen LogP contribution in [0.2, 0.25) is 19.1 Å². The van der Waals surface area contributed by atoms with Gasteiger partial charge in [-0.15, -0.1) is 11.6 Å². The van der Waals surface area contributed by atoms with Gasteiger partial charge in [0.2, 0.25) is 0 Å². The number of rotatable bonds is 9. The van der Waals surface area contributed by atoms with Crippen molar-refractivity contribution in [3.05, 3.63) is 0 Å². The first-order valence-corrected chi connectivity index (χ1v) is 9.63. The Kier molecular flexibility index (Phi) is 8.81. The molecule has 0 spiro atoms. The normalized spacial score (nSPS) is 12.4. The van der Waals surface area contributed by atoms with Gasteiger partial charge in [-0.3, -0.25) is 0 Å². The Balaban J connectivity index is 3.63. The van der Waals surface area contributed by atoms with Crippen LogP contribution in [0.1, 0.15) is 20.3 Å². The molecular weight excluding hydrogens is 226 g/mol. The van der Waals surface area contributed by atoms with Crippen LogP contribution in [0.5, 0.6) is 0 Å². The van der Waals surface area contributed by atoms with Crippen LogP contribution in [0.25, 0.3) is 0 Å². The molecule has 0 aromatic heterocycles. The van der Waals surface area contributed by atoms with Gasteiger partial charge in [-0.2, -0.15) is 0 Å². The van der Waals surface area contributed by atoms with Crippen LogP contribution in [0.3, 0.4) is 0 Å². The van der Waals surface area contributed by atoms with E-state index in [0.29, 0.717) is 0 Å². The maximum absolute atomic E-state index is 6.00. The average Bonchev–Trinajstić information content (AvgIpc) is 2.22. The van der Waals surface area contributed by atoms with Gasteiger partial charge in [0.05, 0.1) is 0 Å². The highest BCUT2D eigenvalue weighted by atomic mass is 35.5. The highest BCUT2D eigenvalue weighted by Crippen LogP contribution is 2.14. The lowest BCUT2D eigenvalue weighted by Gasteiger charge is -2.25. The lowest BCUT2D eigenvalue weighted by atomic mass is 10.5. The van der Waals surface area contributed by atoms with Crippen molar-refractivity contribution in [3.8, 4) is 0 Å². The Morgan fingerprint density at radius 2 is 1.80 bits per heavy atom. The molecule has 0 aliphatic rings. The Morgan fingerprint density at radius 1 is 1.20 bits per heavy atom. The highest BCUT2D eigenvalue weighted by Gasteiger charge is 2.21. The van der Waals surface area contributed by atoms with Crippen molar-refractivity contribution in [3.63, 3.8) is 0 Å². The smallest absolute Gasteiger partial charge is 0.186 e. The van der Waals surface area contributed by atoms with Gasteiger partial charge in [0.15, 0.2) is 8.32 Å². The molecule has 0 heterocycles. The van der Waals surface area contributed by atoms with Gasteiger partial charge < -0.3 is 9.33 Å². The standard InChI is InChI=1S/C11H26ClNOSi/c1-5-13(6-2)9-10-14-15(3,4)11-7-8-12/h5-11H2,1-4H3. The third kappa shape index (κ3) is 8.26. The van der Waals surface area contributed by atoms with Crippen molar-refractivity contribution >= 4 is 19.9 Å². The number of halogens is 1. The fraction of sp³-hybridized carbons (Fsp3) is 1.00. The zero-order valence-corrected chi connectivity index (χ0v) is 12.4. The van der Waals surface area contributed by atoms with Crippen LogP contribution in [-0.2, 0) is 4.43 Å². The maximum atomic E-state index is 6.00. The zero-order chi connectivity index (χ0) is 11.7. The van der Waals surface area contributed by atoms with Gasteiger partial charge in [0.25, 0.3) is 0 Å². The minimum Gasteiger partial charge on any atom is -0.416 e. The summed E-state index contributed by atoms with van der Waals surface area (Å²) in [4.78, 5) is 2.39. The van der Waals surface area contributed by atoms with Crippen molar-refractivity contribution in [1.29, 1.82) is 0 Å². The molecule has 0 unspecified atom stereocenters. The second-order valence-corrected chi connectivity index (χ2v) is 9.11. The molecule has 0 fully saturated rings. The molecule has 0 N–H and O–H groups in total. The molecule has 0 amide bonds. The summed E-state index contributed by atoms with van der Waals surface area (Å²) in [5, 5.41) is 0. The lowest BCUT2D eigenvalue weighted by molar-refractivity contribution is 0.217. The van der Waals surface area contributed by atoms with Crippen LogP contribution in [0.4, 0.5) is 0 Å². The van der Waals surface area contributed by atoms with Gasteiger partial charge in [-0.25, -0.2) is 0 Å². The van der Waals surface area contributed by atoms with Gasteiger partial charge in [-0.05, 0) is 38.6 Å². The Labute approximate surface area is 101 Å². The second-order valence-electron chi connectivity index (χ2n) is 4.43. The molecular formula is C11H26ClNOSi. The quantitative estimate of drug-likeness (QED) is 0.461. The molecule has 0 atom stereocenters. The van der Waals surface area contributed by atoms with E-state index in [9.17, 15) is 0 Å². The third-order valence-corrected chi connectivity index (χ3v) is 5.52. The minimum absolute atomic E-state index is 0.760. The van der Waals surface area contributed by atoms with E-state index < -0.39 is 8.32 Å². The van der Waals surface area contributed by atoms with E-state index in [1.165, 1.54) is 6.04 Å². The van der Waals surface area contributed by atoms with Crippen molar-refractivity contribution in [2.75, 3.05) is 32.1 Å². The molecule has 0 aromatic carbocycles. The highest BCUT2D eigenvalue weighted by molar-refractivity contribution is 6.71. The molecule has 4 heteroatoms. The maximum Gasteiger partial charge on any atom is 0.186 e. The number of hydrogen-bond acceptors (Lipinski definition) is 2. The van der Waals surface area contributed by atoms with Crippen molar-refractivity contribution in [2.24, 2.45) is 0 Å². The van der Waals surface area contributed by atoms with Crippen LogP contribution in [0, 0.1) is 0 Å². The molecule has 0 rings (SSSR count). The Bertz CT molecular complexity index is 152. The van der Waals surface area contributed by atoms with E-state index in [1.807, 2.05) is 0 Å². The summed E-state index contributed by atoms with van der Waals surface area (Å²) in [6, 6.07) is 1.18. The molecule has 15 heavy (non-hydrogen) atoms. The molecule has 0 aromatic rings. The first kappa shape index (κ1) is 15.4. The molecule has 92 valence electrons.